The Bertz CT molecular complexity index is 1070. The molecular weight excluding hydrogens is 394 g/mol. The smallest absolute Gasteiger partial charge is 0.278 e. The molecule has 1 amide bonds. The van der Waals surface area contributed by atoms with Crippen LogP contribution in [0.1, 0.15) is 18.4 Å². The molecule has 1 aliphatic heterocycles. The number of likely N-dealkylation sites (tertiary alicyclic amines) is 1. The van der Waals surface area contributed by atoms with Crippen LogP contribution in [0.5, 0.6) is 0 Å². The molecule has 1 fully saturated rings. The van der Waals surface area contributed by atoms with E-state index in [4.69, 9.17) is 11.6 Å². The normalized spacial score (nSPS) is 16.1. The molecule has 0 radical (unpaired) electrons. The molecular formula is C21H20ClN3O4. The number of non-ortho nitro benzene ring substituents is 1. The quantitative estimate of drug-likeness (QED) is 0.521. The predicted octanol–water partition coefficient (Wildman–Crippen LogP) is 3.71. The molecule has 1 aromatic heterocycles. The van der Waals surface area contributed by atoms with E-state index in [-0.39, 0.29) is 18.1 Å². The lowest BCUT2D eigenvalue weighted by Crippen LogP contribution is -2.46. The average molecular weight is 414 g/mol. The van der Waals surface area contributed by atoms with Crippen molar-refractivity contribution in [3.63, 3.8) is 0 Å². The average Bonchev–Trinajstić information content (AvgIpc) is 3.11. The number of nitro benzene ring substituents is 1. The summed E-state index contributed by atoms with van der Waals surface area (Å²) in [6.07, 6.45) is 2.58. The first kappa shape index (κ1) is 19.4. The molecule has 0 unspecified atom stereocenters. The van der Waals surface area contributed by atoms with Crippen LogP contribution in [0.4, 0.5) is 5.69 Å². The van der Waals surface area contributed by atoms with Crippen molar-refractivity contribution in [3.05, 3.63) is 75.4 Å². The fraction of sp³-hybridized carbons (Fsp3) is 0.286. The highest BCUT2D eigenvalue weighted by Crippen LogP contribution is 2.33. The number of amides is 1. The number of carbonyl (C=O) groups is 1. The maximum absolute atomic E-state index is 12.8. The summed E-state index contributed by atoms with van der Waals surface area (Å²) >= 11 is 5.92. The number of piperidine rings is 1. The van der Waals surface area contributed by atoms with E-state index in [0.29, 0.717) is 41.9 Å². The molecule has 1 N–H and O–H groups in total. The van der Waals surface area contributed by atoms with Gasteiger partial charge in [-0.15, -0.1) is 0 Å². The van der Waals surface area contributed by atoms with Crippen molar-refractivity contribution >= 4 is 34.1 Å². The summed E-state index contributed by atoms with van der Waals surface area (Å²) in [6, 6.07) is 13.6. The van der Waals surface area contributed by atoms with Crippen LogP contribution in [0, 0.1) is 10.1 Å². The lowest BCUT2D eigenvalue weighted by atomic mass is 9.84. The molecule has 1 saturated heterocycles. The standard InChI is InChI=1S/C21H20ClN3O4/c22-16-6-4-15(5-7-16)21(27)9-12-23(13-10-21)20(26)14-24-11-8-17-18(24)2-1-3-19(17)25(28)29/h1-8,11,27H,9-10,12-14H2. The van der Waals surface area contributed by atoms with Crippen LogP contribution in [-0.4, -0.2) is 38.5 Å². The number of carbonyl (C=O) groups excluding carboxylic acids is 1. The van der Waals surface area contributed by atoms with Gasteiger partial charge in [0, 0.05) is 30.4 Å². The molecule has 150 valence electrons. The van der Waals surface area contributed by atoms with Crippen molar-refractivity contribution in [1.29, 1.82) is 0 Å². The molecule has 0 spiro atoms. The SMILES string of the molecule is O=C(Cn1ccc2c([N+](=O)[O-])cccc21)N1CCC(O)(c2ccc(Cl)cc2)CC1. The van der Waals surface area contributed by atoms with Gasteiger partial charge in [0.2, 0.25) is 5.91 Å². The maximum Gasteiger partial charge on any atom is 0.278 e. The topological polar surface area (TPSA) is 88.6 Å². The predicted molar refractivity (Wildman–Crippen MR) is 110 cm³/mol. The molecule has 0 aliphatic carbocycles. The number of rotatable bonds is 4. The molecule has 0 bridgehead atoms. The molecule has 7 nitrogen and oxygen atoms in total. The third kappa shape index (κ3) is 3.71. The van der Waals surface area contributed by atoms with E-state index in [1.54, 1.807) is 46.0 Å². The van der Waals surface area contributed by atoms with Crippen LogP contribution in [0.2, 0.25) is 5.02 Å². The Kier molecular flexibility index (Phi) is 5.02. The Hall–Kier alpha value is -2.90. The summed E-state index contributed by atoms with van der Waals surface area (Å²) in [5.74, 6) is -0.0767. The number of aliphatic hydroxyl groups is 1. The number of aromatic nitrogens is 1. The van der Waals surface area contributed by atoms with Crippen LogP contribution >= 0.6 is 11.6 Å². The van der Waals surface area contributed by atoms with Crippen molar-refractivity contribution in [2.24, 2.45) is 0 Å². The second kappa shape index (κ2) is 7.50. The van der Waals surface area contributed by atoms with Gasteiger partial charge in [-0.25, -0.2) is 0 Å². The Morgan fingerprint density at radius 1 is 1.14 bits per heavy atom. The van der Waals surface area contributed by atoms with E-state index < -0.39 is 10.5 Å². The van der Waals surface area contributed by atoms with Gasteiger partial charge in [0.15, 0.2) is 0 Å². The summed E-state index contributed by atoms with van der Waals surface area (Å²) in [7, 11) is 0. The highest BCUT2D eigenvalue weighted by Gasteiger charge is 2.35. The Morgan fingerprint density at radius 2 is 1.83 bits per heavy atom. The van der Waals surface area contributed by atoms with Crippen molar-refractivity contribution in [2.75, 3.05) is 13.1 Å². The van der Waals surface area contributed by atoms with E-state index in [9.17, 15) is 20.0 Å². The zero-order chi connectivity index (χ0) is 20.6. The van der Waals surface area contributed by atoms with E-state index in [2.05, 4.69) is 0 Å². The van der Waals surface area contributed by atoms with Gasteiger partial charge < -0.3 is 14.6 Å². The first-order valence-corrected chi connectivity index (χ1v) is 9.74. The molecule has 4 rings (SSSR count). The van der Waals surface area contributed by atoms with E-state index in [1.165, 1.54) is 6.07 Å². The van der Waals surface area contributed by atoms with Gasteiger partial charge in [-0.2, -0.15) is 0 Å². The first-order chi connectivity index (χ1) is 13.9. The molecule has 8 heteroatoms. The number of hydrogen-bond donors (Lipinski definition) is 1. The maximum atomic E-state index is 12.8. The van der Waals surface area contributed by atoms with Gasteiger partial charge in [-0.05, 0) is 42.7 Å². The van der Waals surface area contributed by atoms with Gasteiger partial charge in [0.1, 0.15) is 6.54 Å². The number of halogens is 1. The summed E-state index contributed by atoms with van der Waals surface area (Å²) in [6.45, 7) is 0.985. The summed E-state index contributed by atoms with van der Waals surface area (Å²) in [4.78, 5) is 25.3. The number of nitrogens with zero attached hydrogens (tertiary/aromatic N) is 3. The van der Waals surface area contributed by atoms with E-state index in [0.717, 1.165) is 5.56 Å². The van der Waals surface area contributed by atoms with Crippen LogP contribution < -0.4 is 0 Å². The second-order valence-corrected chi connectivity index (χ2v) is 7.77. The number of fused-ring (bicyclic) bond motifs is 1. The number of benzene rings is 2. The van der Waals surface area contributed by atoms with E-state index >= 15 is 0 Å². The minimum Gasteiger partial charge on any atom is -0.385 e. The Balaban J connectivity index is 1.45. The largest absolute Gasteiger partial charge is 0.385 e. The zero-order valence-electron chi connectivity index (χ0n) is 15.6. The van der Waals surface area contributed by atoms with Crippen molar-refractivity contribution in [2.45, 2.75) is 25.0 Å². The first-order valence-electron chi connectivity index (χ1n) is 9.36. The molecule has 2 heterocycles. The second-order valence-electron chi connectivity index (χ2n) is 7.33. The Morgan fingerprint density at radius 3 is 2.48 bits per heavy atom. The molecule has 0 saturated carbocycles. The van der Waals surface area contributed by atoms with Gasteiger partial charge in [0.25, 0.3) is 5.69 Å². The van der Waals surface area contributed by atoms with Crippen molar-refractivity contribution in [3.8, 4) is 0 Å². The minimum atomic E-state index is -0.970. The molecule has 29 heavy (non-hydrogen) atoms. The van der Waals surface area contributed by atoms with E-state index in [1.807, 2.05) is 12.1 Å². The van der Waals surface area contributed by atoms with Gasteiger partial charge in [-0.3, -0.25) is 14.9 Å². The molecule has 2 aromatic carbocycles. The lowest BCUT2D eigenvalue weighted by Gasteiger charge is -2.38. The van der Waals surface area contributed by atoms with Gasteiger partial charge >= 0.3 is 0 Å². The number of nitro groups is 1. The molecule has 0 atom stereocenters. The van der Waals surface area contributed by atoms with Crippen LogP contribution in [0.15, 0.2) is 54.7 Å². The zero-order valence-corrected chi connectivity index (χ0v) is 16.4. The Labute approximate surface area is 172 Å². The highest BCUT2D eigenvalue weighted by atomic mass is 35.5. The van der Waals surface area contributed by atoms with Gasteiger partial charge in [-0.1, -0.05) is 29.8 Å². The number of hydrogen-bond acceptors (Lipinski definition) is 4. The van der Waals surface area contributed by atoms with Crippen LogP contribution in [-0.2, 0) is 16.9 Å². The van der Waals surface area contributed by atoms with Gasteiger partial charge in [0.05, 0.1) is 21.4 Å². The van der Waals surface area contributed by atoms with Crippen molar-refractivity contribution < 1.29 is 14.8 Å². The van der Waals surface area contributed by atoms with Crippen LogP contribution in [0.25, 0.3) is 10.9 Å². The summed E-state index contributed by atoms with van der Waals surface area (Å²) in [5.41, 5.74) is 0.516. The third-order valence-corrected chi connectivity index (χ3v) is 5.87. The van der Waals surface area contributed by atoms with Crippen molar-refractivity contribution in [1.82, 2.24) is 9.47 Å². The molecule has 1 aliphatic rings. The lowest BCUT2D eigenvalue weighted by molar-refractivity contribution is -0.383. The highest BCUT2D eigenvalue weighted by molar-refractivity contribution is 6.30. The monoisotopic (exact) mass is 413 g/mol. The summed E-state index contributed by atoms with van der Waals surface area (Å²) < 4.78 is 1.73. The minimum absolute atomic E-state index is 0.0275. The summed E-state index contributed by atoms with van der Waals surface area (Å²) in [5, 5.41) is 23.3. The third-order valence-electron chi connectivity index (χ3n) is 5.62. The fourth-order valence-electron chi connectivity index (χ4n) is 3.92. The molecule has 3 aromatic rings. The fourth-order valence-corrected chi connectivity index (χ4v) is 4.05. The van der Waals surface area contributed by atoms with Crippen LogP contribution in [0.3, 0.4) is 0 Å².